The maximum atomic E-state index is 13.0. The average Bonchev–Trinajstić information content (AvgIpc) is 2.53. The van der Waals surface area contributed by atoms with Gasteiger partial charge in [0.15, 0.2) is 0 Å². The van der Waals surface area contributed by atoms with Crippen molar-refractivity contribution in [3.05, 3.63) is 54.3 Å². The summed E-state index contributed by atoms with van der Waals surface area (Å²) in [5, 5.41) is 9.07. The molecule has 0 spiro atoms. The number of carbonyl (C=O) groups is 1. The highest BCUT2D eigenvalue weighted by Crippen LogP contribution is 2.27. The van der Waals surface area contributed by atoms with Crippen molar-refractivity contribution < 1.29 is 27.4 Å². The van der Waals surface area contributed by atoms with Crippen LogP contribution in [0.1, 0.15) is 6.92 Å². The van der Waals surface area contributed by atoms with E-state index in [-0.39, 0.29) is 10.6 Å². The molecule has 0 aliphatic rings. The summed E-state index contributed by atoms with van der Waals surface area (Å²) in [5.41, 5.74) is 0.146. The average molecular weight is 353 g/mol. The van der Waals surface area contributed by atoms with E-state index in [1.54, 1.807) is 19.1 Å². The van der Waals surface area contributed by atoms with Crippen molar-refractivity contribution in [3.63, 3.8) is 0 Å². The second-order valence-electron chi connectivity index (χ2n) is 4.79. The fourth-order valence-electron chi connectivity index (χ4n) is 2.07. The molecule has 0 aliphatic heterocycles. The van der Waals surface area contributed by atoms with E-state index in [9.17, 15) is 17.6 Å². The van der Waals surface area contributed by atoms with Crippen molar-refractivity contribution in [2.45, 2.75) is 11.8 Å². The number of hydrogen-bond donors (Lipinski definition) is 1. The topological polar surface area (TPSA) is 83.9 Å². The summed E-state index contributed by atoms with van der Waals surface area (Å²) < 4.78 is 44.6. The molecule has 0 atom stereocenters. The van der Waals surface area contributed by atoms with Gasteiger partial charge in [-0.1, -0.05) is 6.07 Å². The Labute approximate surface area is 139 Å². The van der Waals surface area contributed by atoms with E-state index in [2.05, 4.69) is 0 Å². The number of sulfonamides is 1. The van der Waals surface area contributed by atoms with Crippen LogP contribution in [0.2, 0.25) is 0 Å². The Morgan fingerprint density at radius 1 is 1.21 bits per heavy atom. The molecule has 0 aromatic heterocycles. The Hall–Kier alpha value is -2.61. The molecule has 2 aromatic rings. The predicted octanol–water partition coefficient (Wildman–Crippen LogP) is 2.50. The highest BCUT2D eigenvalue weighted by atomic mass is 32.2. The third kappa shape index (κ3) is 4.02. The van der Waals surface area contributed by atoms with Crippen LogP contribution in [-0.2, 0) is 14.8 Å². The van der Waals surface area contributed by atoms with Crippen molar-refractivity contribution in [2.24, 2.45) is 0 Å². The lowest BCUT2D eigenvalue weighted by Gasteiger charge is -2.23. The Morgan fingerprint density at radius 3 is 2.46 bits per heavy atom. The lowest BCUT2D eigenvalue weighted by molar-refractivity contribution is -0.135. The Balaban J connectivity index is 2.50. The third-order valence-corrected chi connectivity index (χ3v) is 4.89. The van der Waals surface area contributed by atoms with E-state index in [4.69, 9.17) is 9.84 Å². The first-order valence-electron chi connectivity index (χ1n) is 7.07. The molecule has 8 heteroatoms. The molecule has 1 N–H and O–H groups in total. The maximum Gasteiger partial charge on any atom is 0.324 e. The van der Waals surface area contributed by atoms with Crippen molar-refractivity contribution in [2.75, 3.05) is 17.5 Å². The van der Waals surface area contributed by atoms with E-state index in [0.29, 0.717) is 12.4 Å². The van der Waals surface area contributed by atoms with Gasteiger partial charge in [0.05, 0.1) is 17.2 Å². The molecule has 128 valence electrons. The fourth-order valence-corrected chi connectivity index (χ4v) is 3.47. The monoisotopic (exact) mass is 353 g/mol. The van der Waals surface area contributed by atoms with Gasteiger partial charge < -0.3 is 9.84 Å². The summed E-state index contributed by atoms with van der Waals surface area (Å²) in [5.74, 6) is -1.49. The summed E-state index contributed by atoms with van der Waals surface area (Å²) in [6, 6.07) is 10.3. The van der Waals surface area contributed by atoms with Crippen LogP contribution in [0, 0.1) is 5.82 Å². The molecule has 0 saturated carbocycles. The molecule has 2 rings (SSSR count). The predicted molar refractivity (Wildman–Crippen MR) is 86.2 cm³/mol. The van der Waals surface area contributed by atoms with Gasteiger partial charge in [0.25, 0.3) is 10.0 Å². The van der Waals surface area contributed by atoms with Crippen LogP contribution in [0.3, 0.4) is 0 Å². The van der Waals surface area contributed by atoms with Gasteiger partial charge in [-0.05, 0) is 43.3 Å². The number of anilines is 1. The molecule has 0 amide bonds. The van der Waals surface area contributed by atoms with Gasteiger partial charge in [-0.25, -0.2) is 12.8 Å². The SMILES string of the molecule is CCOc1cccc(N(CC(=O)O)S(=O)(=O)c2ccc(F)cc2)c1. The summed E-state index contributed by atoms with van der Waals surface area (Å²) in [7, 11) is -4.17. The molecule has 6 nitrogen and oxygen atoms in total. The van der Waals surface area contributed by atoms with Gasteiger partial charge >= 0.3 is 5.97 Å². The molecule has 2 aromatic carbocycles. The number of hydrogen-bond acceptors (Lipinski definition) is 4. The summed E-state index contributed by atoms with van der Waals surface area (Å²) in [4.78, 5) is 10.9. The number of halogens is 1. The molecule has 0 radical (unpaired) electrons. The Morgan fingerprint density at radius 2 is 1.88 bits per heavy atom. The number of nitrogens with zero attached hydrogens (tertiary/aromatic N) is 1. The largest absolute Gasteiger partial charge is 0.494 e. The molecular formula is C16H16FNO5S. The van der Waals surface area contributed by atoms with Crippen molar-refractivity contribution in [1.29, 1.82) is 0 Å². The van der Waals surface area contributed by atoms with Crippen molar-refractivity contribution >= 4 is 21.7 Å². The fraction of sp³-hybridized carbons (Fsp3) is 0.188. The quantitative estimate of drug-likeness (QED) is 0.827. The smallest absolute Gasteiger partial charge is 0.324 e. The summed E-state index contributed by atoms with van der Waals surface area (Å²) >= 11 is 0. The van der Waals surface area contributed by atoms with Crippen molar-refractivity contribution in [3.8, 4) is 5.75 Å². The number of aliphatic carboxylic acids is 1. The molecule has 0 aliphatic carbocycles. The van der Waals surface area contributed by atoms with Gasteiger partial charge in [-0.3, -0.25) is 9.10 Å². The van der Waals surface area contributed by atoms with Gasteiger partial charge in [0.1, 0.15) is 18.1 Å². The minimum atomic E-state index is -4.17. The molecule has 24 heavy (non-hydrogen) atoms. The molecular weight excluding hydrogens is 337 g/mol. The van der Waals surface area contributed by atoms with E-state index in [0.717, 1.165) is 28.6 Å². The van der Waals surface area contributed by atoms with Crippen LogP contribution in [0.5, 0.6) is 5.75 Å². The summed E-state index contributed by atoms with van der Waals surface area (Å²) in [6.07, 6.45) is 0. The Bertz CT molecular complexity index is 821. The minimum Gasteiger partial charge on any atom is -0.494 e. The van der Waals surface area contributed by atoms with E-state index in [1.807, 2.05) is 0 Å². The van der Waals surface area contributed by atoms with Crippen LogP contribution >= 0.6 is 0 Å². The number of carboxylic acid groups (broad SMARTS) is 1. The number of rotatable bonds is 7. The van der Waals surface area contributed by atoms with E-state index >= 15 is 0 Å². The molecule has 0 heterocycles. The number of benzene rings is 2. The zero-order chi connectivity index (χ0) is 17.7. The minimum absolute atomic E-state index is 0.146. The zero-order valence-corrected chi connectivity index (χ0v) is 13.7. The van der Waals surface area contributed by atoms with Gasteiger partial charge in [-0.2, -0.15) is 0 Å². The second kappa shape index (κ2) is 7.31. The van der Waals surface area contributed by atoms with Crippen molar-refractivity contribution in [1.82, 2.24) is 0 Å². The second-order valence-corrected chi connectivity index (χ2v) is 6.65. The zero-order valence-electron chi connectivity index (χ0n) is 12.8. The molecule has 0 fully saturated rings. The number of carboxylic acids is 1. The number of ether oxygens (including phenoxy) is 1. The lowest BCUT2D eigenvalue weighted by Crippen LogP contribution is -2.35. The first kappa shape index (κ1) is 17.7. The standard InChI is InChI=1S/C16H16FNO5S/c1-2-23-14-5-3-4-13(10-14)18(11-16(19)20)24(21,22)15-8-6-12(17)7-9-15/h3-10H,2,11H2,1H3,(H,19,20). The lowest BCUT2D eigenvalue weighted by atomic mass is 10.3. The normalized spacial score (nSPS) is 11.1. The van der Waals surface area contributed by atoms with Crippen LogP contribution in [0.4, 0.5) is 10.1 Å². The van der Waals surface area contributed by atoms with Gasteiger partial charge in [0, 0.05) is 6.07 Å². The molecule has 0 bridgehead atoms. The highest BCUT2D eigenvalue weighted by Gasteiger charge is 2.27. The first-order valence-corrected chi connectivity index (χ1v) is 8.51. The maximum absolute atomic E-state index is 13.0. The Kier molecular flexibility index (Phi) is 5.40. The van der Waals surface area contributed by atoms with Crippen LogP contribution in [-0.4, -0.2) is 32.6 Å². The van der Waals surface area contributed by atoms with E-state index in [1.165, 1.54) is 12.1 Å². The highest BCUT2D eigenvalue weighted by molar-refractivity contribution is 7.92. The first-order chi connectivity index (χ1) is 11.3. The van der Waals surface area contributed by atoms with E-state index < -0.39 is 28.4 Å². The summed E-state index contributed by atoms with van der Waals surface area (Å²) in [6.45, 7) is 1.39. The van der Waals surface area contributed by atoms with Gasteiger partial charge in [0.2, 0.25) is 0 Å². The molecule has 0 saturated heterocycles. The van der Waals surface area contributed by atoms with Crippen LogP contribution in [0.25, 0.3) is 0 Å². The van der Waals surface area contributed by atoms with Crippen LogP contribution in [0.15, 0.2) is 53.4 Å². The molecule has 0 unspecified atom stereocenters. The third-order valence-electron chi connectivity index (χ3n) is 3.10. The van der Waals surface area contributed by atoms with Crippen LogP contribution < -0.4 is 9.04 Å². The van der Waals surface area contributed by atoms with Gasteiger partial charge in [-0.15, -0.1) is 0 Å².